The van der Waals surface area contributed by atoms with Crippen molar-refractivity contribution in [2.24, 2.45) is 0 Å². The molecule has 0 atom stereocenters. The smallest absolute Gasteiger partial charge is 0.184 e. The number of ether oxygens (including phenoxy) is 2. The van der Waals surface area contributed by atoms with Crippen molar-refractivity contribution in [2.45, 2.75) is 136 Å². The van der Waals surface area contributed by atoms with Crippen molar-refractivity contribution in [3.05, 3.63) is 58.7 Å². The Bertz CT molecular complexity index is 1080. The molecule has 1 aliphatic rings. The molecule has 2 aromatic carbocycles. The van der Waals surface area contributed by atoms with E-state index in [9.17, 15) is 8.78 Å². The van der Waals surface area contributed by atoms with E-state index in [0.29, 0.717) is 19.8 Å². The van der Waals surface area contributed by atoms with Gasteiger partial charge in [0.1, 0.15) is 18.2 Å². The molecule has 0 fully saturated rings. The van der Waals surface area contributed by atoms with Crippen LogP contribution in [0.3, 0.4) is 0 Å². The fraction of sp³-hybridized carbons (Fsp3) is 0.649. The Morgan fingerprint density at radius 3 is 1.90 bits per heavy atom. The third-order valence-electron chi connectivity index (χ3n) is 8.52. The Hall–Kier alpha value is -2.43. The molecular formula is C37H56F2NO2+. The number of fused-ring (bicyclic) bond motifs is 1. The van der Waals surface area contributed by atoms with E-state index in [1.807, 2.05) is 13.0 Å². The van der Waals surface area contributed by atoms with Crippen LogP contribution in [-0.4, -0.2) is 30.0 Å². The monoisotopic (exact) mass is 584 g/mol. The van der Waals surface area contributed by atoms with Gasteiger partial charge in [-0.15, -0.1) is 0 Å². The normalized spacial score (nSPS) is 13.0. The lowest BCUT2D eigenvalue weighted by Gasteiger charge is -2.23. The molecule has 0 N–H and O–H groups in total. The lowest BCUT2D eigenvalue weighted by molar-refractivity contribution is -0.546. The highest BCUT2D eigenvalue weighted by Gasteiger charge is 2.31. The quantitative estimate of drug-likeness (QED) is 0.101. The number of halogens is 2. The lowest BCUT2D eigenvalue weighted by atomic mass is 9.91. The van der Waals surface area contributed by atoms with E-state index in [1.165, 1.54) is 113 Å². The van der Waals surface area contributed by atoms with E-state index in [2.05, 4.69) is 24.5 Å². The van der Waals surface area contributed by atoms with Gasteiger partial charge < -0.3 is 9.47 Å². The Kier molecular flexibility index (Phi) is 16.0. The highest BCUT2D eigenvalue weighted by atomic mass is 19.1. The molecular weight excluding hydrogens is 528 g/mol. The first-order valence-electron chi connectivity index (χ1n) is 17.1. The molecule has 3 nitrogen and oxygen atoms in total. The van der Waals surface area contributed by atoms with Crippen LogP contribution in [0.1, 0.15) is 140 Å². The largest absolute Gasteiger partial charge is 0.490 e. The summed E-state index contributed by atoms with van der Waals surface area (Å²) in [7, 11) is 0. The lowest BCUT2D eigenvalue weighted by Crippen LogP contribution is -2.31. The fourth-order valence-corrected chi connectivity index (χ4v) is 6.11. The summed E-state index contributed by atoms with van der Waals surface area (Å²) in [6, 6.07) is 8.33. The zero-order valence-electron chi connectivity index (χ0n) is 26.8. The molecule has 0 saturated carbocycles. The summed E-state index contributed by atoms with van der Waals surface area (Å²) < 4.78 is 44.1. The predicted octanol–water partition coefficient (Wildman–Crippen LogP) is 10.6. The highest BCUT2D eigenvalue weighted by molar-refractivity contribution is 5.99. The standard InChI is InChI=1S/C37H56F2NO2/c1-4-7-9-11-13-14-15-16-18-23-35-30-24-25-36(41-6-3)37(42-28-19-17-12-10-8-5-2)31(30)26-27-40(35)29-32-33(38)21-20-22-34(32)39/h20-22,24-25H,4-19,23,26-29H2,1-3H3/q+1. The van der Waals surface area contributed by atoms with Crippen molar-refractivity contribution in [3.8, 4) is 11.5 Å². The van der Waals surface area contributed by atoms with E-state index in [0.717, 1.165) is 42.7 Å². The van der Waals surface area contributed by atoms with E-state index in [1.54, 1.807) is 0 Å². The number of hydrogen-bond acceptors (Lipinski definition) is 2. The van der Waals surface area contributed by atoms with Gasteiger partial charge in [0.15, 0.2) is 23.8 Å². The second-order valence-electron chi connectivity index (χ2n) is 11.9. The average molecular weight is 585 g/mol. The molecule has 0 radical (unpaired) electrons. The first kappa shape index (κ1) is 34.1. The molecule has 0 aromatic heterocycles. The number of rotatable bonds is 22. The van der Waals surface area contributed by atoms with Crippen LogP contribution in [0.4, 0.5) is 8.78 Å². The zero-order valence-corrected chi connectivity index (χ0v) is 26.8. The van der Waals surface area contributed by atoms with Crippen LogP contribution in [-0.2, 0) is 13.0 Å². The molecule has 2 aromatic rings. The van der Waals surface area contributed by atoms with Crippen LogP contribution in [0, 0.1) is 11.6 Å². The van der Waals surface area contributed by atoms with Gasteiger partial charge in [0, 0.05) is 24.0 Å². The van der Waals surface area contributed by atoms with Crippen LogP contribution >= 0.6 is 0 Å². The van der Waals surface area contributed by atoms with Gasteiger partial charge in [-0.3, -0.25) is 0 Å². The molecule has 0 saturated heterocycles. The van der Waals surface area contributed by atoms with E-state index < -0.39 is 11.6 Å². The SMILES string of the molecule is CCCCCCCCCCCC1=[N+](Cc2c(F)cccc2F)CCc2c1ccc(OCC)c2OCCCCCCCC. The van der Waals surface area contributed by atoms with Crippen molar-refractivity contribution in [1.29, 1.82) is 0 Å². The van der Waals surface area contributed by atoms with Gasteiger partial charge in [-0.25, -0.2) is 13.4 Å². The minimum Gasteiger partial charge on any atom is -0.490 e. The summed E-state index contributed by atoms with van der Waals surface area (Å²) in [4.78, 5) is 0. The van der Waals surface area contributed by atoms with Gasteiger partial charge >= 0.3 is 0 Å². The summed E-state index contributed by atoms with van der Waals surface area (Å²) >= 11 is 0. The average Bonchev–Trinajstić information content (AvgIpc) is 2.99. The van der Waals surface area contributed by atoms with Crippen LogP contribution in [0.25, 0.3) is 0 Å². The Balaban J connectivity index is 1.78. The van der Waals surface area contributed by atoms with Gasteiger partial charge in [-0.2, -0.15) is 0 Å². The van der Waals surface area contributed by atoms with E-state index in [-0.39, 0.29) is 12.1 Å². The highest BCUT2D eigenvalue weighted by Crippen LogP contribution is 2.37. The van der Waals surface area contributed by atoms with Crippen molar-refractivity contribution < 1.29 is 22.8 Å². The first-order chi connectivity index (χ1) is 20.6. The van der Waals surface area contributed by atoms with Crippen molar-refractivity contribution in [1.82, 2.24) is 0 Å². The molecule has 0 bridgehead atoms. The molecule has 0 unspecified atom stereocenters. The molecule has 1 heterocycles. The van der Waals surface area contributed by atoms with Gasteiger partial charge in [0.2, 0.25) is 0 Å². The maximum Gasteiger partial charge on any atom is 0.184 e. The Morgan fingerprint density at radius 2 is 1.29 bits per heavy atom. The number of unbranched alkanes of at least 4 members (excludes halogenated alkanes) is 13. The van der Waals surface area contributed by atoms with Crippen LogP contribution < -0.4 is 9.47 Å². The van der Waals surface area contributed by atoms with E-state index in [4.69, 9.17) is 9.47 Å². The summed E-state index contributed by atoms with van der Waals surface area (Å²) in [5.74, 6) is 0.721. The Morgan fingerprint density at radius 1 is 0.690 bits per heavy atom. The number of nitrogens with zero attached hydrogens (tertiary/aromatic N) is 1. The second kappa shape index (κ2) is 19.7. The van der Waals surface area contributed by atoms with E-state index >= 15 is 0 Å². The third kappa shape index (κ3) is 10.7. The summed E-state index contributed by atoms with van der Waals surface area (Å²) in [5, 5.41) is 0. The second-order valence-corrected chi connectivity index (χ2v) is 11.9. The molecule has 0 spiro atoms. The molecule has 3 rings (SSSR count). The Labute approximate surface area is 254 Å². The van der Waals surface area contributed by atoms with Crippen LogP contribution in [0.15, 0.2) is 30.3 Å². The molecule has 5 heteroatoms. The summed E-state index contributed by atoms with van der Waals surface area (Å²) in [6.45, 7) is 8.71. The van der Waals surface area contributed by atoms with Gasteiger partial charge in [-0.1, -0.05) is 103 Å². The summed E-state index contributed by atoms with van der Waals surface area (Å²) in [6.07, 6.45) is 20.4. The first-order valence-corrected chi connectivity index (χ1v) is 17.1. The fourth-order valence-electron chi connectivity index (χ4n) is 6.11. The van der Waals surface area contributed by atoms with Crippen molar-refractivity contribution >= 4 is 5.71 Å². The molecule has 234 valence electrons. The van der Waals surface area contributed by atoms with Gasteiger partial charge in [0.25, 0.3) is 0 Å². The summed E-state index contributed by atoms with van der Waals surface area (Å²) in [5.41, 5.74) is 3.66. The van der Waals surface area contributed by atoms with Crippen LogP contribution in [0.2, 0.25) is 0 Å². The maximum atomic E-state index is 14.7. The zero-order chi connectivity index (χ0) is 30.0. The third-order valence-corrected chi connectivity index (χ3v) is 8.52. The molecule has 0 aliphatic carbocycles. The molecule has 1 aliphatic heterocycles. The minimum absolute atomic E-state index is 0.149. The maximum absolute atomic E-state index is 14.7. The van der Waals surface area contributed by atoms with Crippen molar-refractivity contribution in [3.63, 3.8) is 0 Å². The number of benzene rings is 2. The molecule has 42 heavy (non-hydrogen) atoms. The predicted molar refractivity (Wildman–Crippen MR) is 171 cm³/mol. The van der Waals surface area contributed by atoms with Crippen LogP contribution in [0.5, 0.6) is 11.5 Å². The van der Waals surface area contributed by atoms with Gasteiger partial charge in [-0.05, 0) is 44.0 Å². The topological polar surface area (TPSA) is 21.5 Å². The number of hydrogen-bond donors (Lipinski definition) is 0. The van der Waals surface area contributed by atoms with Crippen molar-refractivity contribution in [2.75, 3.05) is 19.8 Å². The molecule has 0 amide bonds. The minimum atomic E-state index is -0.474. The van der Waals surface area contributed by atoms with Gasteiger partial charge in [0.05, 0.1) is 18.8 Å².